The van der Waals surface area contributed by atoms with E-state index in [1.807, 2.05) is 17.0 Å². The first-order chi connectivity index (χ1) is 11.7. The molecule has 126 valence electrons. The first-order valence-electron chi connectivity index (χ1n) is 8.40. The first-order valence-corrected chi connectivity index (χ1v) is 8.77. The van der Waals surface area contributed by atoms with Crippen LogP contribution in [0.4, 0.5) is 0 Å². The number of nitrogens with one attached hydrogen (secondary N) is 1. The van der Waals surface area contributed by atoms with Gasteiger partial charge < -0.3 is 14.8 Å². The van der Waals surface area contributed by atoms with Crippen molar-refractivity contribution in [3.05, 3.63) is 46.5 Å². The number of aromatic nitrogens is 3. The number of carbonyl (C=O) groups is 1. The van der Waals surface area contributed by atoms with Gasteiger partial charge in [-0.2, -0.15) is 0 Å². The van der Waals surface area contributed by atoms with Crippen LogP contribution in [-0.4, -0.2) is 45.2 Å². The molecule has 0 bridgehead atoms. The molecule has 1 fully saturated rings. The van der Waals surface area contributed by atoms with Gasteiger partial charge in [0.05, 0.1) is 6.54 Å². The summed E-state index contributed by atoms with van der Waals surface area (Å²) in [5, 5.41) is 12.6. The summed E-state index contributed by atoms with van der Waals surface area (Å²) in [6.07, 6.45) is 1.86. The lowest BCUT2D eigenvalue weighted by atomic mass is 9.95. The first kappa shape index (κ1) is 15.6. The van der Waals surface area contributed by atoms with Crippen molar-refractivity contribution in [2.24, 2.45) is 0 Å². The lowest BCUT2D eigenvalue weighted by Crippen LogP contribution is -2.38. The highest BCUT2D eigenvalue weighted by Gasteiger charge is 2.29. The molecule has 0 aliphatic carbocycles. The van der Waals surface area contributed by atoms with Crippen LogP contribution < -0.4 is 5.32 Å². The third-order valence-corrected chi connectivity index (χ3v) is 5.11. The van der Waals surface area contributed by atoms with Crippen LogP contribution >= 0.6 is 11.6 Å². The average molecular weight is 346 g/mol. The number of hydrogen-bond acceptors (Lipinski definition) is 4. The molecule has 2 aromatic rings. The van der Waals surface area contributed by atoms with Crippen molar-refractivity contribution >= 4 is 17.5 Å². The van der Waals surface area contributed by atoms with Gasteiger partial charge in [-0.15, -0.1) is 10.2 Å². The Kier molecular flexibility index (Phi) is 4.24. The number of piperidine rings is 1. The van der Waals surface area contributed by atoms with E-state index in [0.29, 0.717) is 16.5 Å². The maximum Gasteiger partial charge on any atom is 0.253 e. The second-order valence-corrected chi connectivity index (χ2v) is 6.82. The minimum atomic E-state index is 0.0587. The topological polar surface area (TPSA) is 63.1 Å². The summed E-state index contributed by atoms with van der Waals surface area (Å²) < 4.78 is 2.25. The van der Waals surface area contributed by atoms with E-state index >= 15 is 0 Å². The van der Waals surface area contributed by atoms with Gasteiger partial charge in [0.15, 0.2) is 0 Å². The zero-order chi connectivity index (χ0) is 16.5. The molecule has 0 spiro atoms. The molecule has 1 amide bonds. The van der Waals surface area contributed by atoms with Crippen LogP contribution in [0.25, 0.3) is 0 Å². The van der Waals surface area contributed by atoms with Crippen molar-refractivity contribution in [2.75, 3.05) is 19.6 Å². The molecule has 0 saturated carbocycles. The van der Waals surface area contributed by atoms with Gasteiger partial charge in [0.1, 0.15) is 11.6 Å². The Morgan fingerprint density at radius 3 is 2.83 bits per heavy atom. The second kappa shape index (κ2) is 6.53. The molecule has 1 N–H and O–H groups in total. The minimum absolute atomic E-state index is 0.0587. The van der Waals surface area contributed by atoms with Crippen LogP contribution in [0.1, 0.15) is 40.8 Å². The van der Waals surface area contributed by atoms with E-state index in [1.54, 1.807) is 12.1 Å². The van der Waals surface area contributed by atoms with Gasteiger partial charge in [-0.25, -0.2) is 0 Å². The minimum Gasteiger partial charge on any atom is -0.339 e. The van der Waals surface area contributed by atoms with Crippen molar-refractivity contribution < 1.29 is 4.79 Å². The number of halogens is 1. The molecular weight excluding hydrogens is 326 g/mol. The van der Waals surface area contributed by atoms with E-state index in [2.05, 4.69) is 20.1 Å². The predicted molar refractivity (Wildman–Crippen MR) is 91.1 cm³/mol. The second-order valence-electron chi connectivity index (χ2n) is 6.38. The summed E-state index contributed by atoms with van der Waals surface area (Å²) in [5.41, 5.74) is 0.659. The number of nitrogens with zero attached hydrogens (tertiary/aromatic N) is 4. The quantitative estimate of drug-likeness (QED) is 0.905. The van der Waals surface area contributed by atoms with Gasteiger partial charge in [-0.3, -0.25) is 4.79 Å². The van der Waals surface area contributed by atoms with Gasteiger partial charge in [0, 0.05) is 42.7 Å². The van der Waals surface area contributed by atoms with Crippen molar-refractivity contribution in [3.8, 4) is 0 Å². The largest absolute Gasteiger partial charge is 0.339 e. The monoisotopic (exact) mass is 345 g/mol. The Bertz CT molecular complexity index is 751. The van der Waals surface area contributed by atoms with E-state index in [9.17, 15) is 4.79 Å². The molecule has 0 radical (unpaired) electrons. The van der Waals surface area contributed by atoms with Crippen LogP contribution in [0.3, 0.4) is 0 Å². The lowest BCUT2D eigenvalue weighted by Gasteiger charge is -2.32. The fourth-order valence-electron chi connectivity index (χ4n) is 3.56. The van der Waals surface area contributed by atoms with Crippen molar-refractivity contribution in [1.82, 2.24) is 25.0 Å². The molecule has 1 saturated heterocycles. The van der Waals surface area contributed by atoms with Crippen molar-refractivity contribution in [1.29, 1.82) is 0 Å². The smallest absolute Gasteiger partial charge is 0.253 e. The fourth-order valence-corrected chi connectivity index (χ4v) is 3.75. The Balaban J connectivity index is 1.43. The zero-order valence-electron chi connectivity index (χ0n) is 13.4. The highest BCUT2D eigenvalue weighted by molar-refractivity contribution is 6.30. The SMILES string of the molecule is O=C(c1cccc(Cl)c1)N1CCC(c2nnc3n2CCNC3)CC1. The standard InChI is InChI=1S/C17H20ClN5O/c18-14-3-1-2-13(10-14)17(24)22-7-4-12(5-8-22)16-21-20-15-11-19-6-9-23(15)16/h1-3,10,12,19H,4-9,11H2. The number of hydrogen-bond donors (Lipinski definition) is 1. The van der Waals surface area contributed by atoms with Gasteiger partial charge in [-0.1, -0.05) is 17.7 Å². The Labute approximate surface area is 145 Å². The molecule has 0 atom stereocenters. The molecule has 2 aliphatic rings. The van der Waals surface area contributed by atoms with Crippen molar-refractivity contribution in [3.63, 3.8) is 0 Å². The Morgan fingerprint density at radius 2 is 2.04 bits per heavy atom. The summed E-state index contributed by atoms with van der Waals surface area (Å²) in [4.78, 5) is 14.5. The normalized spacial score (nSPS) is 18.5. The van der Waals surface area contributed by atoms with Gasteiger partial charge in [0.25, 0.3) is 5.91 Å². The maximum atomic E-state index is 12.6. The lowest BCUT2D eigenvalue weighted by molar-refractivity contribution is 0.0710. The molecule has 6 nitrogen and oxygen atoms in total. The van der Waals surface area contributed by atoms with Gasteiger partial charge in [0.2, 0.25) is 0 Å². The molecule has 7 heteroatoms. The number of fused-ring (bicyclic) bond motifs is 1. The van der Waals surface area contributed by atoms with Crippen LogP contribution in [0.2, 0.25) is 5.02 Å². The molecule has 1 aromatic carbocycles. The summed E-state index contributed by atoms with van der Waals surface area (Å²) in [5.74, 6) is 2.55. The summed E-state index contributed by atoms with van der Waals surface area (Å²) >= 11 is 5.99. The zero-order valence-corrected chi connectivity index (χ0v) is 14.2. The molecular formula is C17H20ClN5O. The predicted octanol–water partition coefficient (Wildman–Crippen LogP) is 2.05. The third kappa shape index (κ3) is 2.91. The molecule has 0 unspecified atom stereocenters. The van der Waals surface area contributed by atoms with E-state index in [-0.39, 0.29) is 5.91 Å². The van der Waals surface area contributed by atoms with E-state index < -0.39 is 0 Å². The van der Waals surface area contributed by atoms with E-state index in [0.717, 1.165) is 57.2 Å². The van der Waals surface area contributed by atoms with Gasteiger partial charge in [-0.05, 0) is 31.0 Å². The highest BCUT2D eigenvalue weighted by Crippen LogP contribution is 2.28. The number of amides is 1. The summed E-state index contributed by atoms with van der Waals surface area (Å²) in [7, 11) is 0. The van der Waals surface area contributed by atoms with Crippen LogP contribution in [0.15, 0.2) is 24.3 Å². The number of carbonyl (C=O) groups excluding carboxylic acids is 1. The third-order valence-electron chi connectivity index (χ3n) is 4.87. The van der Waals surface area contributed by atoms with Crippen LogP contribution in [-0.2, 0) is 13.1 Å². The number of benzene rings is 1. The maximum absolute atomic E-state index is 12.6. The Morgan fingerprint density at radius 1 is 1.21 bits per heavy atom. The molecule has 3 heterocycles. The molecule has 24 heavy (non-hydrogen) atoms. The van der Waals surface area contributed by atoms with Crippen LogP contribution in [0, 0.1) is 0 Å². The summed E-state index contributed by atoms with van der Waals surface area (Å²) in [6.45, 7) is 4.18. The summed E-state index contributed by atoms with van der Waals surface area (Å²) in [6, 6.07) is 7.16. The number of rotatable bonds is 2. The number of likely N-dealkylation sites (tertiary alicyclic amines) is 1. The molecule has 4 rings (SSSR count). The van der Waals surface area contributed by atoms with E-state index in [1.165, 1.54) is 0 Å². The van der Waals surface area contributed by atoms with Crippen LogP contribution in [0.5, 0.6) is 0 Å². The van der Waals surface area contributed by atoms with Crippen molar-refractivity contribution in [2.45, 2.75) is 31.8 Å². The molecule has 1 aromatic heterocycles. The Hall–Kier alpha value is -1.92. The van der Waals surface area contributed by atoms with Gasteiger partial charge >= 0.3 is 0 Å². The van der Waals surface area contributed by atoms with E-state index in [4.69, 9.17) is 11.6 Å². The highest BCUT2D eigenvalue weighted by atomic mass is 35.5. The average Bonchev–Trinajstić information content (AvgIpc) is 3.05. The molecule has 2 aliphatic heterocycles. The fraction of sp³-hybridized carbons (Fsp3) is 0.471.